The number of nitrogens with one attached hydrogen (secondary N) is 1. The number of ketones is 1. The molecule has 1 atom stereocenters. The summed E-state index contributed by atoms with van der Waals surface area (Å²) in [5.74, 6) is 1.27. The molecule has 0 aliphatic carbocycles. The van der Waals surface area contributed by atoms with Crippen LogP contribution in [0.25, 0.3) is 0 Å². The molecule has 0 amide bonds. The molecule has 1 fully saturated rings. The van der Waals surface area contributed by atoms with Gasteiger partial charge < -0.3 is 5.32 Å². The van der Waals surface area contributed by atoms with Crippen molar-refractivity contribution in [1.82, 2.24) is 5.32 Å². The Morgan fingerprint density at radius 1 is 0.905 bits per heavy atom. The van der Waals surface area contributed by atoms with Gasteiger partial charge in [-0.25, -0.2) is 0 Å². The van der Waals surface area contributed by atoms with Crippen molar-refractivity contribution in [1.29, 1.82) is 0 Å². The maximum Gasteiger partial charge on any atom is 0.132 e. The van der Waals surface area contributed by atoms with Gasteiger partial charge in [-0.1, -0.05) is 64.7 Å². The number of rotatable bonds is 14. The average Bonchev–Trinajstić information content (AvgIpc) is 3.00. The van der Waals surface area contributed by atoms with Crippen LogP contribution in [0.3, 0.4) is 0 Å². The average molecular weight is 296 g/mol. The summed E-state index contributed by atoms with van der Waals surface area (Å²) < 4.78 is 0. The fraction of sp³-hybridized carbons (Fsp3) is 0.947. The molecular weight excluding hydrogens is 258 g/mol. The van der Waals surface area contributed by atoms with E-state index in [9.17, 15) is 4.79 Å². The molecule has 1 aliphatic heterocycles. The van der Waals surface area contributed by atoms with Gasteiger partial charge in [0.05, 0.1) is 0 Å². The Bertz CT molecular complexity index is 246. The molecule has 0 bridgehead atoms. The van der Waals surface area contributed by atoms with Crippen LogP contribution in [-0.2, 0) is 4.79 Å². The Kier molecular flexibility index (Phi) is 11.8. The van der Waals surface area contributed by atoms with E-state index in [2.05, 4.69) is 12.2 Å². The Morgan fingerprint density at radius 2 is 1.52 bits per heavy atom. The van der Waals surface area contributed by atoms with Crippen LogP contribution in [0.1, 0.15) is 96.8 Å². The lowest BCUT2D eigenvalue weighted by atomic mass is 9.98. The highest BCUT2D eigenvalue weighted by molar-refractivity contribution is 5.78. The van der Waals surface area contributed by atoms with Crippen LogP contribution in [0.5, 0.6) is 0 Å². The van der Waals surface area contributed by atoms with E-state index in [-0.39, 0.29) is 0 Å². The molecule has 2 heteroatoms. The summed E-state index contributed by atoms with van der Waals surface area (Å²) in [5, 5.41) is 3.37. The van der Waals surface area contributed by atoms with Crippen LogP contribution in [-0.4, -0.2) is 18.9 Å². The van der Waals surface area contributed by atoms with Gasteiger partial charge in [-0.15, -0.1) is 0 Å². The van der Waals surface area contributed by atoms with Crippen LogP contribution in [0.15, 0.2) is 0 Å². The molecule has 1 saturated heterocycles. The predicted molar refractivity (Wildman–Crippen MR) is 91.7 cm³/mol. The molecule has 124 valence electrons. The second-order valence-electron chi connectivity index (χ2n) is 6.87. The van der Waals surface area contributed by atoms with Gasteiger partial charge in [0.15, 0.2) is 0 Å². The van der Waals surface area contributed by atoms with Gasteiger partial charge in [0.1, 0.15) is 5.78 Å². The zero-order chi connectivity index (χ0) is 15.2. The van der Waals surface area contributed by atoms with E-state index in [4.69, 9.17) is 0 Å². The maximum absolute atomic E-state index is 11.8. The van der Waals surface area contributed by atoms with Crippen molar-refractivity contribution in [2.24, 2.45) is 5.92 Å². The zero-order valence-corrected chi connectivity index (χ0v) is 14.3. The van der Waals surface area contributed by atoms with Crippen molar-refractivity contribution in [3.8, 4) is 0 Å². The van der Waals surface area contributed by atoms with Crippen molar-refractivity contribution in [3.63, 3.8) is 0 Å². The lowest BCUT2D eigenvalue weighted by molar-refractivity contribution is -0.119. The molecule has 1 rings (SSSR count). The number of Topliss-reactive ketones (excluding diaryl/α,β-unsaturated/α-hetero) is 1. The first-order chi connectivity index (χ1) is 10.3. The minimum Gasteiger partial charge on any atom is -0.316 e. The Balaban J connectivity index is 1.77. The second-order valence-corrected chi connectivity index (χ2v) is 6.87. The maximum atomic E-state index is 11.8. The fourth-order valence-electron chi connectivity index (χ4n) is 3.26. The first-order valence-electron chi connectivity index (χ1n) is 9.55. The standard InChI is InChI=1S/C19H37NO/c1-2-3-4-5-6-7-8-9-10-11-12-19(21)14-13-18-15-16-20-17-18/h18,20H,2-17H2,1H3. The molecule has 0 radical (unpaired) electrons. The molecular formula is C19H37NO. The lowest BCUT2D eigenvalue weighted by Crippen LogP contribution is -2.10. The van der Waals surface area contributed by atoms with Crippen molar-refractivity contribution >= 4 is 5.78 Å². The van der Waals surface area contributed by atoms with Crippen molar-refractivity contribution < 1.29 is 4.79 Å². The molecule has 1 aliphatic rings. The van der Waals surface area contributed by atoms with Crippen molar-refractivity contribution in [3.05, 3.63) is 0 Å². The van der Waals surface area contributed by atoms with Crippen LogP contribution >= 0.6 is 0 Å². The van der Waals surface area contributed by atoms with Crippen LogP contribution in [0.2, 0.25) is 0 Å². The lowest BCUT2D eigenvalue weighted by Gasteiger charge is -2.07. The van der Waals surface area contributed by atoms with Crippen LogP contribution in [0.4, 0.5) is 0 Å². The monoisotopic (exact) mass is 295 g/mol. The summed E-state index contributed by atoms with van der Waals surface area (Å²) >= 11 is 0. The van der Waals surface area contributed by atoms with Gasteiger partial charge in [-0.3, -0.25) is 4.79 Å². The number of carbonyl (C=O) groups excluding carboxylic acids is 1. The molecule has 1 heterocycles. The van der Waals surface area contributed by atoms with Gasteiger partial charge in [0.25, 0.3) is 0 Å². The molecule has 0 aromatic rings. The van der Waals surface area contributed by atoms with E-state index < -0.39 is 0 Å². The molecule has 2 nitrogen and oxygen atoms in total. The SMILES string of the molecule is CCCCCCCCCCCCC(=O)CCC1CCNC1. The third-order valence-electron chi connectivity index (χ3n) is 4.80. The summed E-state index contributed by atoms with van der Waals surface area (Å²) in [4.78, 5) is 11.8. The largest absolute Gasteiger partial charge is 0.316 e. The van der Waals surface area contributed by atoms with E-state index in [0.717, 1.165) is 44.7 Å². The van der Waals surface area contributed by atoms with Gasteiger partial charge in [-0.2, -0.15) is 0 Å². The van der Waals surface area contributed by atoms with E-state index in [1.54, 1.807) is 0 Å². The molecule has 1 N–H and O–H groups in total. The molecule has 1 unspecified atom stereocenters. The summed E-state index contributed by atoms with van der Waals surface area (Å²) in [6.45, 7) is 4.55. The molecule has 0 spiro atoms. The first-order valence-corrected chi connectivity index (χ1v) is 9.55. The Morgan fingerprint density at radius 3 is 2.10 bits per heavy atom. The van der Waals surface area contributed by atoms with Gasteiger partial charge in [0, 0.05) is 12.8 Å². The summed E-state index contributed by atoms with van der Waals surface area (Å²) in [5.41, 5.74) is 0. The third kappa shape index (κ3) is 10.9. The normalized spacial score (nSPS) is 18.2. The zero-order valence-electron chi connectivity index (χ0n) is 14.3. The van der Waals surface area contributed by atoms with Gasteiger partial charge in [-0.05, 0) is 38.3 Å². The highest BCUT2D eigenvalue weighted by Gasteiger charge is 2.15. The van der Waals surface area contributed by atoms with E-state index in [1.807, 2.05) is 0 Å². The Labute approximate surface area is 132 Å². The first kappa shape index (κ1) is 18.7. The van der Waals surface area contributed by atoms with Crippen LogP contribution in [0, 0.1) is 5.92 Å². The minimum absolute atomic E-state index is 0.501. The highest BCUT2D eigenvalue weighted by Crippen LogP contribution is 2.16. The van der Waals surface area contributed by atoms with Crippen molar-refractivity contribution in [2.45, 2.75) is 96.8 Å². The fourth-order valence-corrected chi connectivity index (χ4v) is 3.26. The number of unbranched alkanes of at least 4 members (excludes halogenated alkanes) is 9. The molecule has 0 aromatic heterocycles. The minimum atomic E-state index is 0.501. The predicted octanol–water partition coefficient (Wildman–Crippen LogP) is 5.26. The van der Waals surface area contributed by atoms with Crippen LogP contribution < -0.4 is 5.32 Å². The summed E-state index contributed by atoms with van der Waals surface area (Å²) in [7, 11) is 0. The number of carbonyl (C=O) groups is 1. The topological polar surface area (TPSA) is 29.1 Å². The van der Waals surface area contributed by atoms with Crippen molar-refractivity contribution in [2.75, 3.05) is 13.1 Å². The number of hydrogen-bond acceptors (Lipinski definition) is 2. The molecule has 0 saturated carbocycles. The summed E-state index contributed by atoms with van der Waals surface area (Å²) in [6, 6.07) is 0. The molecule has 0 aromatic carbocycles. The quantitative estimate of drug-likeness (QED) is 0.443. The van der Waals surface area contributed by atoms with E-state index >= 15 is 0 Å². The smallest absolute Gasteiger partial charge is 0.132 e. The van der Waals surface area contributed by atoms with Gasteiger partial charge >= 0.3 is 0 Å². The summed E-state index contributed by atoms with van der Waals surface area (Å²) in [6.07, 6.45) is 17.5. The second kappa shape index (κ2) is 13.3. The highest BCUT2D eigenvalue weighted by atomic mass is 16.1. The Hall–Kier alpha value is -0.370. The van der Waals surface area contributed by atoms with E-state index in [1.165, 1.54) is 64.2 Å². The third-order valence-corrected chi connectivity index (χ3v) is 4.80. The number of hydrogen-bond donors (Lipinski definition) is 1. The molecule has 21 heavy (non-hydrogen) atoms. The van der Waals surface area contributed by atoms with E-state index in [0.29, 0.717) is 5.78 Å². The van der Waals surface area contributed by atoms with Gasteiger partial charge in [0.2, 0.25) is 0 Å².